The Morgan fingerprint density at radius 1 is 1.37 bits per heavy atom. The fraction of sp³-hybridized carbons (Fsp3) is 0.167. The molecule has 0 bridgehead atoms. The molecular weight excluding hydrogens is 262 g/mol. The second-order valence-corrected chi connectivity index (χ2v) is 4.96. The summed E-state index contributed by atoms with van der Waals surface area (Å²) in [5.41, 5.74) is 7.84. The summed E-state index contributed by atoms with van der Waals surface area (Å²) in [5.74, 6) is 0.913. The van der Waals surface area contributed by atoms with E-state index in [4.69, 9.17) is 10.3 Å². The molecule has 3 heterocycles. The van der Waals surface area contributed by atoms with E-state index >= 15 is 0 Å². The lowest BCUT2D eigenvalue weighted by molar-refractivity contribution is 0.423. The molecule has 0 aromatic carbocycles. The molecule has 0 aliphatic carbocycles. The van der Waals surface area contributed by atoms with E-state index in [1.54, 1.807) is 29.7 Å². The molecule has 0 aliphatic rings. The largest absolute Gasteiger partial charge is 0.397 e. The Morgan fingerprint density at radius 2 is 2.26 bits per heavy atom. The lowest BCUT2D eigenvalue weighted by Gasteiger charge is -1.96. The molecule has 0 spiro atoms. The van der Waals surface area contributed by atoms with E-state index in [1.165, 1.54) is 0 Å². The van der Waals surface area contributed by atoms with E-state index in [0.29, 0.717) is 29.5 Å². The first-order chi connectivity index (χ1) is 9.22. The van der Waals surface area contributed by atoms with Crippen molar-refractivity contribution in [1.29, 1.82) is 0 Å². The van der Waals surface area contributed by atoms with Gasteiger partial charge in [-0.3, -0.25) is 0 Å². The number of rotatable bonds is 3. The van der Waals surface area contributed by atoms with E-state index < -0.39 is 0 Å². The summed E-state index contributed by atoms with van der Waals surface area (Å²) >= 11 is 1.58. The Labute approximate surface area is 113 Å². The van der Waals surface area contributed by atoms with Crippen LogP contribution in [-0.4, -0.2) is 20.1 Å². The predicted molar refractivity (Wildman–Crippen MR) is 71.6 cm³/mol. The van der Waals surface area contributed by atoms with Gasteiger partial charge in [-0.1, -0.05) is 5.16 Å². The average Bonchev–Trinajstić information content (AvgIpc) is 3.00. The maximum atomic E-state index is 5.82. The number of nitrogen functional groups attached to an aromatic ring is 1. The molecule has 0 saturated carbocycles. The number of aryl methyl sites for hydroxylation is 1. The minimum atomic E-state index is 0.335. The van der Waals surface area contributed by atoms with Gasteiger partial charge < -0.3 is 10.3 Å². The highest BCUT2D eigenvalue weighted by Crippen LogP contribution is 2.21. The molecule has 3 aromatic rings. The third kappa shape index (κ3) is 2.45. The molecule has 0 radical (unpaired) electrons. The quantitative estimate of drug-likeness (QED) is 0.785. The number of nitrogens with zero attached hydrogens (tertiary/aromatic N) is 4. The minimum absolute atomic E-state index is 0.335. The fourth-order valence-electron chi connectivity index (χ4n) is 1.64. The van der Waals surface area contributed by atoms with Gasteiger partial charge in [-0.15, -0.1) is 11.3 Å². The lowest BCUT2D eigenvalue weighted by atomic mass is 10.3. The predicted octanol–water partition coefficient (Wildman–Crippen LogP) is 2.07. The Hall–Kier alpha value is -2.28. The van der Waals surface area contributed by atoms with Gasteiger partial charge in [0.05, 0.1) is 12.1 Å². The molecule has 0 fully saturated rings. The first-order valence-electron chi connectivity index (χ1n) is 5.67. The Morgan fingerprint density at radius 3 is 3.00 bits per heavy atom. The molecule has 3 rings (SSSR count). The minimum Gasteiger partial charge on any atom is -0.397 e. The molecule has 3 aromatic heterocycles. The first-order valence-corrected chi connectivity index (χ1v) is 6.55. The third-order valence-electron chi connectivity index (χ3n) is 2.49. The summed E-state index contributed by atoms with van der Waals surface area (Å²) in [6.07, 6.45) is 2.19. The van der Waals surface area contributed by atoms with Crippen molar-refractivity contribution < 1.29 is 4.52 Å². The molecule has 19 heavy (non-hydrogen) atoms. The highest BCUT2D eigenvalue weighted by Gasteiger charge is 2.13. The van der Waals surface area contributed by atoms with Crippen LogP contribution in [0.4, 0.5) is 5.69 Å². The van der Waals surface area contributed by atoms with Crippen LogP contribution in [0, 0.1) is 6.92 Å². The Kier molecular flexibility index (Phi) is 2.96. The summed E-state index contributed by atoms with van der Waals surface area (Å²) in [7, 11) is 0. The Balaban J connectivity index is 1.86. The maximum absolute atomic E-state index is 5.82. The summed E-state index contributed by atoms with van der Waals surface area (Å²) in [6.45, 7) is 1.95. The van der Waals surface area contributed by atoms with Crippen LogP contribution in [0.2, 0.25) is 0 Å². The van der Waals surface area contributed by atoms with Crippen LogP contribution >= 0.6 is 11.3 Å². The standard InChI is InChI=1S/C12H11N5OS/c1-7-6-19-10(15-7)5-9-16-12(18-17-9)11-8(13)3-2-4-14-11/h2-4,6H,5,13H2,1H3. The number of thiazole rings is 1. The van der Waals surface area contributed by atoms with Crippen molar-refractivity contribution in [3.05, 3.63) is 40.2 Å². The molecule has 6 nitrogen and oxygen atoms in total. The van der Waals surface area contributed by atoms with Crippen LogP contribution in [0.25, 0.3) is 11.6 Å². The van der Waals surface area contributed by atoms with Crippen molar-refractivity contribution >= 4 is 17.0 Å². The highest BCUT2D eigenvalue weighted by atomic mass is 32.1. The highest BCUT2D eigenvalue weighted by molar-refractivity contribution is 7.09. The zero-order valence-corrected chi connectivity index (χ0v) is 11.0. The van der Waals surface area contributed by atoms with Gasteiger partial charge in [-0.25, -0.2) is 9.97 Å². The number of aromatic nitrogens is 4. The normalized spacial score (nSPS) is 10.8. The van der Waals surface area contributed by atoms with Gasteiger partial charge in [0.1, 0.15) is 5.01 Å². The van der Waals surface area contributed by atoms with Crippen LogP contribution in [0.1, 0.15) is 16.5 Å². The monoisotopic (exact) mass is 273 g/mol. The molecular formula is C12H11N5OS. The van der Waals surface area contributed by atoms with Crippen molar-refractivity contribution in [1.82, 2.24) is 20.1 Å². The van der Waals surface area contributed by atoms with E-state index in [2.05, 4.69) is 20.1 Å². The van der Waals surface area contributed by atoms with Crippen molar-refractivity contribution in [3.63, 3.8) is 0 Å². The van der Waals surface area contributed by atoms with Crippen molar-refractivity contribution in [2.24, 2.45) is 0 Å². The number of hydrogen-bond acceptors (Lipinski definition) is 7. The van der Waals surface area contributed by atoms with Crippen LogP contribution in [-0.2, 0) is 6.42 Å². The zero-order valence-electron chi connectivity index (χ0n) is 10.2. The summed E-state index contributed by atoms with van der Waals surface area (Å²) in [5, 5.41) is 6.87. The summed E-state index contributed by atoms with van der Waals surface area (Å²) in [6, 6.07) is 3.50. The average molecular weight is 273 g/mol. The molecule has 7 heteroatoms. The van der Waals surface area contributed by atoms with Gasteiger partial charge in [0.2, 0.25) is 0 Å². The second kappa shape index (κ2) is 4.77. The van der Waals surface area contributed by atoms with Crippen LogP contribution in [0.5, 0.6) is 0 Å². The number of pyridine rings is 1. The molecule has 0 saturated heterocycles. The van der Waals surface area contributed by atoms with Gasteiger partial charge >= 0.3 is 0 Å². The van der Waals surface area contributed by atoms with E-state index in [9.17, 15) is 0 Å². The summed E-state index contributed by atoms with van der Waals surface area (Å²) in [4.78, 5) is 12.8. The summed E-state index contributed by atoms with van der Waals surface area (Å²) < 4.78 is 5.18. The fourth-order valence-corrected chi connectivity index (χ4v) is 2.41. The third-order valence-corrected chi connectivity index (χ3v) is 3.45. The van der Waals surface area contributed by atoms with Crippen LogP contribution in [0.15, 0.2) is 28.2 Å². The maximum Gasteiger partial charge on any atom is 0.278 e. The van der Waals surface area contributed by atoms with Gasteiger partial charge in [0.15, 0.2) is 11.5 Å². The molecule has 0 unspecified atom stereocenters. The van der Waals surface area contributed by atoms with Gasteiger partial charge in [-0.05, 0) is 19.1 Å². The number of nitrogens with two attached hydrogens (primary N) is 1. The van der Waals surface area contributed by atoms with Gasteiger partial charge in [-0.2, -0.15) is 4.98 Å². The first kappa shape index (κ1) is 11.8. The van der Waals surface area contributed by atoms with E-state index in [0.717, 1.165) is 10.7 Å². The van der Waals surface area contributed by atoms with Crippen LogP contribution in [0.3, 0.4) is 0 Å². The number of hydrogen-bond donors (Lipinski definition) is 1. The molecule has 96 valence electrons. The molecule has 2 N–H and O–H groups in total. The zero-order chi connectivity index (χ0) is 13.2. The second-order valence-electron chi connectivity index (χ2n) is 4.02. The van der Waals surface area contributed by atoms with Crippen molar-refractivity contribution in [2.45, 2.75) is 13.3 Å². The topological polar surface area (TPSA) is 90.7 Å². The van der Waals surface area contributed by atoms with Crippen molar-refractivity contribution in [3.8, 4) is 11.6 Å². The molecule has 0 amide bonds. The lowest BCUT2D eigenvalue weighted by Crippen LogP contribution is -1.93. The SMILES string of the molecule is Cc1csc(Cc2noc(-c3ncccc3N)n2)n1. The van der Waals surface area contributed by atoms with Crippen molar-refractivity contribution in [2.75, 3.05) is 5.73 Å². The van der Waals surface area contributed by atoms with E-state index in [-0.39, 0.29) is 0 Å². The Bertz CT molecular complexity index is 705. The molecule has 0 aliphatic heterocycles. The van der Waals surface area contributed by atoms with Gasteiger partial charge in [0, 0.05) is 17.3 Å². The van der Waals surface area contributed by atoms with Gasteiger partial charge in [0.25, 0.3) is 5.89 Å². The smallest absolute Gasteiger partial charge is 0.278 e. The van der Waals surface area contributed by atoms with E-state index in [1.807, 2.05) is 12.3 Å². The number of anilines is 1. The van der Waals surface area contributed by atoms with Crippen LogP contribution < -0.4 is 5.73 Å². The molecule has 0 atom stereocenters.